The molecule has 1 atom stereocenters. The smallest absolute Gasteiger partial charge is 0.405 e. The third kappa shape index (κ3) is 5.37. The van der Waals surface area contributed by atoms with E-state index in [0.717, 1.165) is 25.9 Å². The lowest BCUT2D eigenvalue weighted by molar-refractivity contribution is -0.275. The van der Waals surface area contributed by atoms with Gasteiger partial charge in [-0.3, -0.25) is 4.90 Å². The molecule has 1 unspecified atom stereocenters. The normalized spacial score (nSPS) is 19.3. The molecule has 1 N–H and O–H groups in total. The zero-order chi connectivity index (χ0) is 14.6. The number of likely N-dealkylation sites (N-methyl/N-ethyl adjacent to an activating group) is 1. The maximum absolute atomic E-state index is 12.4. The number of nitrogens with zero attached hydrogens (tertiary/aromatic N) is 1. The van der Waals surface area contributed by atoms with Crippen molar-refractivity contribution < 1.29 is 17.9 Å². The van der Waals surface area contributed by atoms with Crippen LogP contribution in [0, 0.1) is 0 Å². The first-order valence-electron chi connectivity index (χ1n) is 6.72. The van der Waals surface area contributed by atoms with Crippen LogP contribution in [0.1, 0.15) is 18.4 Å². The molecule has 0 bridgehead atoms. The second-order valence-electron chi connectivity index (χ2n) is 4.98. The molecule has 1 heterocycles. The summed E-state index contributed by atoms with van der Waals surface area (Å²) in [5, 5.41) is 3.13. The van der Waals surface area contributed by atoms with E-state index >= 15 is 0 Å². The Balaban J connectivity index is 0.00000220. The second kappa shape index (κ2) is 7.87. The highest BCUT2D eigenvalue weighted by atomic mass is 35.5. The van der Waals surface area contributed by atoms with Crippen molar-refractivity contribution in [3.63, 3.8) is 0 Å². The van der Waals surface area contributed by atoms with E-state index in [1.54, 1.807) is 18.2 Å². The first-order chi connectivity index (χ1) is 9.49. The van der Waals surface area contributed by atoms with E-state index in [9.17, 15) is 13.2 Å². The van der Waals surface area contributed by atoms with Gasteiger partial charge in [-0.1, -0.05) is 18.2 Å². The van der Waals surface area contributed by atoms with Crippen LogP contribution < -0.4 is 10.1 Å². The molecule has 1 aromatic carbocycles. The summed E-state index contributed by atoms with van der Waals surface area (Å²) >= 11 is 0. The molecule has 7 heteroatoms. The summed E-state index contributed by atoms with van der Waals surface area (Å²) in [5.74, 6) is -0.102. The first-order valence-corrected chi connectivity index (χ1v) is 6.72. The molecule has 3 nitrogen and oxygen atoms in total. The molecule has 1 fully saturated rings. The Labute approximate surface area is 128 Å². The minimum Gasteiger partial charge on any atom is -0.405 e. The quantitative estimate of drug-likeness (QED) is 0.900. The van der Waals surface area contributed by atoms with Gasteiger partial charge in [-0.15, -0.1) is 25.6 Å². The lowest BCUT2D eigenvalue weighted by Crippen LogP contribution is -2.36. The Hall–Kier alpha value is -0.980. The fraction of sp³-hybridized carbons (Fsp3) is 0.571. The molecule has 0 aromatic heterocycles. The highest BCUT2D eigenvalue weighted by Gasteiger charge is 2.32. The monoisotopic (exact) mass is 324 g/mol. The van der Waals surface area contributed by atoms with Crippen molar-refractivity contribution in [1.82, 2.24) is 10.2 Å². The molecule has 1 aromatic rings. The van der Waals surface area contributed by atoms with Gasteiger partial charge in [0, 0.05) is 24.7 Å². The number of ether oxygens (including phenoxy) is 1. The summed E-state index contributed by atoms with van der Waals surface area (Å²) in [6, 6.07) is 6.72. The van der Waals surface area contributed by atoms with Crippen LogP contribution >= 0.6 is 12.4 Å². The van der Waals surface area contributed by atoms with E-state index in [-0.39, 0.29) is 18.2 Å². The van der Waals surface area contributed by atoms with Crippen molar-refractivity contribution in [1.29, 1.82) is 0 Å². The highest BCUT2D eigenvalue weighted by Crippen LogP contribution is 2.29. The fourth-order valence-electron chi connectivity index (χ4n) is 2.65. The lowest BCUT2D eigenvalue weighted by atomic mass is 10.1. The largest absolute Gasteiger partial charge is 0.573 e. The Bertz CT molecular complexity index is 442. The Morgan fingerprint density at radius 2 is 2.05 bits per heavy atom. The summed E-state index contributed by atoms with van der Waals surface area (Å²) in [4.78, 5) is 2.20. The van der Waals surface area contributed by atoms with Gasteiger partial charge in [0.1, 0.15) is 5.75 Å². The zero-order valence-electron chi connectivity index (χ0n) is 11.8. The van der Waals surface area contributed by atoms with Crippen molar-refractivity contribution in [2.24, 2.45) is 0 Å². The molecule has 0 radical (unpaired) electrons. The predicted octanol–water partition coefficient (Wildman–Crippen LogP) is 3.19. The third-order valence-electron chi connectivity index (χ3n) is 3.51. The molecule has 2 rings (SSSR count). The standard InChI is InChI=1S/C14H19F3N2O.ClH/c1-18-9-12-6-4-8-19(12)10-11-5-2-3-7-13(11)20-14(15,16)17;/h2-3,5,7,12,18H,4,6,8-10H2,1H3;1H. The van der Waals surface area contributed by atoms with Gasteiger partial charge in [0.25, 0.3) is 0 Å². The number of likely N-dealkylation sites (tertiary alicyclic amines) is 1. The van der Waals surface area contributed by atoms with Gasteiger partial charge in [0.2, 0.25) is 0 Å². The van der Waals surface area contributed by atoms with Crippen molar-refractivity contribution in [3.05, 3.63) is 29.8 Å². The molecule has 0 aliphatic carbocycles. The number of hydrogen-bond donors (Lipinski definition) is 1. The number of alkyl halides is 3. The van der Waals surface area contributed by atoms with Crippen LogP contribution in [0.25, 0.3) is 0 Å². The van der Waals surface area contributed by atoms with Crippen LogP contribution in [0.5, 0.6) is 5.75 Å². The maximum Gasteiger partial charge on any atom is 0.573 e. The van der Waals surface area contributed by atoms with Crippen LogP contribution in [0.2, 0.25) is 0 Å². The van der Waals surface area contributed by atoms with Gasteiger partial charge in [0.05, 0.1) is 0 Å². The number of hydrogen-bond acceptors (Lipinski definition) is 3. The molecular formula is C14H20ClF3N2O. The average molecular weight is 325 g/mol. The SMILES string of the molecule is CNCC1CCCN1Cc1ccccc1OC(F)(F)F.Cl. The average Bonchev–Trinajstić information content (AvgIpc) is 2.78. The van der Waals surface area contributed by atoms with E-state index in [1.165, 1.54) is 6.07 Å². The van der Waals surface area contributed by atoms with Gasteiger partial charge in [-0.05, 0) is 32.5 Å². The number of para-hydroxylation sites is 1. The van der Waals surface area contributed by atoms with Crippen molar-refractivity contribution in [2.75, 3.05) is 20.1 Å². The van der Waals surface area contributed by atoms with E-state index in [4.69, 9.17) is 0 Å². The van der Waals surface area contributed by atoms with Gasteiger partial charge in [-0.2, -0.15) is 0 Å². The van der Waals surface area contributed by atoms with Crippen LogP contribution in [-0.4, -0.2) is 37.4 Å². The van der Waals surface area contributed by atoms with Gasteiger partial charge in [-0.25, -0.2) is 0 Å². The zero-order valence-corrected chi connectivity index (χ0v) is 12.6. The molecule has 21 heavy (non-hydrogen) atoms. The molecule has 0 amide bonds. The van der Waals surface area contributed by atoms with Gasteiger partial charge < -0.3 is 10.1 Å². The first kappa shape index (κ1) is 18.1. The van der Waals surface area contributed by atoms with Crippen molar-refractivity contribution in [3.8, 4) is 5.75 Å². The Kier molecular flexibility index (Phi) is 6.77. The van der Waals surface area contributed by atoms with Crippen LogP contribution in [-0.2, 0) is 6.54 Å². The predicted molar refractivity (Wildman–Crippen MR) is 77.7 cm³/mol. The summed E-state index contributed by atoms with van der Waals surface area (Å²) in [5.41, 5.74) is 0.577. The molecular weight excluding hydrogens is 305 g/mol. The minimum atomic E-state index is -4.65. The van der Waals surface area contributed by atoms with Gasteiger partial charge in [0.15, 0.2) is 0 Å². The molecule has 0 spiro atoms. The fourth-order valence-corrected chi connectivity index (χ4v) is 2.65. The van der Waals surface area contributed by atoms with E-state index < -0.39 is 6.36 Å². The van der Waals surface area contributed by atoms with Crippen LogP contribution in [0.4, 0.5) is 13.2 Å². The Morgan fingerprint density at radius 3 is 2.71 bits per heavy atom. The van der Waals surface area contributed by atoms with Crippen LogP contribution in [0.3, 0.4) is 0 Å². The summed E-state index contributed by atoms with van der Waals surface area (Å²) in [6.45, 7) is 2.24. The maximum atomic E-state index is 12.4. The van der Waals surface area contributed by atoms with Gasteiger partial charge >= 0.3 is 6.36 Å². The molecule has 0 saturated carbocycles. The van der Waals surface area contributed by atoms with Crippen molar-refractivity contribution in [2.45, 2.75) is 31.8 Å². The second-order valence-corrected chi connectivity index (χ2v) is 4.98. The Morgan fingerprint density at radius 1 is 1.33 bits per heavy atom. The lowest BCUT2D eigenvalue weighted by Gasteiger charge is -2.25. The number of benzene rings is 1. The highest BCUT2D eigenvalue weighted by molar-refractivity contribution is 5.85. The number of nitrogens with one attached hydrogen (secondary N) is 1. The van der Waals surface area contributed by atoms with E-state index in [2.05, 4.69) is 15.0 Å². The van der Waals surface area contributed by atoms with Crippen LogP contribution in [0.15, 0.2) is 24.3 Å². The summed E-state index contributed by atoms with van der Waals surface area (Å²) in [6.07, 6.45) is -2.50. The molecule has 120 valence electrons. The van der Waals surface area contributed by atoms with E-state index in [0.29, 0.717) is 18.2 Å². The van der Waals surface area contributed by atoms with E-state index in [1.807, 2.05) is 7.05 Å². The molecule has 1 saturated heterocycles. The number of rotatable bonds is 5. The summed E-state index contributed by atoms with van der Waals surface area (Å²) in [7, 11) is 1.89. The third-order valence-corrected chi connectivity index (χ3v) is 3.51. The molecule has 1 aliphatic heterocycles. The van der Waals surface area contributed by atoms with Crippen molar-refractivity contribution >= 4 is 12.4 Å². The summed E-state index contributed by atoms with van der Waals surface area (Å²) < 4.78 is 41.3. The topological polar surface area (TPSA) is 24.5 Å². The number of halogens is 4. The molecule has 1 aliphatic rings. The minimum absolute atomic E-state index is 0.